The van der Waals surface area contributed by atoms with E-state index in [1.807, 2.05) is 6.07 Å². The summed E-state index contributed by atoms with van der Waals surface area (Å²) >= 11 is 0. The number of hydrogen-bond acceptors (Lipinski definition) is 4. The van der Waals surface area contributed by atoms with E-state index in [1.54, 1.807) is 42.3 Å². The molecule has 3 aromatic rings. The van der Waals surface area contributed by atoms with E-state index in [1.165, 1.54) is 12.1 Å². The lowest BCUT2D eigenvalue weighted by Gasteiger charge is -2.20. The third-order valence-corrected chi connectivity index (χ3v) is 4.92. The van der Waals surface area contributed by atoms with Gasteiger partial charge >= 0.3 is 0 Å². The molecule has 0 atom stereocenters. The highest BCUT2D eigenvalue weighted by molar-refractivity contribution is 5.99. The van der Waals surface area contributed by atoms with Crippen LogP contribution in [0.5, 0.6) is 5.75 Å². The van der Waals surface area contributed by atoms with E-state index < -0.39 is 0 Å². The van der Waals surface area contributed by atoms with Crippen LogP contribution in [-0.2, 0) is 11.2 Å². The summed E-state index contributed by atoms with van der Waals surface area (Å²) in [4.78, 5) is 25.8. The molecule has 4 rings (SSSR count). The molecular weight excluding hydrogens is 387 g/mol. The number of fused-ring (bicyclic) bond motifs is 1. The predicted octanol–water partition coefficient (Wildman–Crippen LogP) is 3.25. The van der Waals surface area contributed by atoms with Crippen LogP contribution in [0.2, 0.25) is 0 Å². The predicted molar refractivity (Wildman–Crippen MR) is 110 cm³/mol. The molecule has 154 valence electrons. The van der Waals surface area contributed by atoms with Gasteiger partial charge in [-0.2, -0.15) is 5.10 Å². The Hall–Kier alpha value is -3.68. The van der Waals surface area contributed by atoms with E-state index in [0.717, 1.165) is 29.8 Å². The molecule has 7 nitrogen and oxygen atoms in total. The van der Waals surface area contributed by atoms with Gasteiger partial charge in [0.15, 0.2) is 6.61 Å². The van der Waals surface area contributed by atoms with Crippen molar-refractivity contribution in [3.63, 3.8) is 0 Å². The Morgan fingerprint density at radius 3 is 2.80 bits per heavy atom. The molecule has 0 saturated heterocycles. The SMILES string of the molecule is CN(CCCc1cc(-c2ccc(F)cc2)n[nH]1)C(=O)c1ccc2c(c1)NC(=O)CO2. The molecule has 2 aromatic carbocycles. The number of aryl methyl sites for hydroxylation is 1. The number of benzene rings is 2. The first kappa shape index (κ1) is 19.6. The Morgan fingerprint density at radius 2 is 2.00 bits per heavy atom. The molecule has 0 spiro atoms. The molecular formula is C22H21FN4O3. The second kappa shape index (κ2) is 8.36. The Morgan fingerprint density at radius 1 is 1.20 bits per heavy atom. The van der Waals surface area contributed by atoms with Gasteiger partial charge in [-0.05, 0) is 61.4 Å². The van der Waals surface area contributed by atoms with Crippen molar-refractivity contribution >= 4 is 17.5 Å². The number of nitrogens with one attached hydrogen (secondary N) is 2. The third-order valence-electron chi connectivity index (χ3n) is 4.92. The van der Waals surface area contributed by atoms with Gasteiger partial charge in [0.25, 0.3) is 11.8 Å². The molecule has 0 unspecified atom stereocenters. The average molecular weight is 408 g/mol. The number of aromatic nitrogens is 2. The van der Waals surface area contributed by atoms with E-state index >= 15 is 0 Å². The highest BCUT2D eigenvalue weighted by Gasteiger charge is 2.19. The fraction of sp³-hybridized carbons (Fsp3) is 0.227. The molecule has 0 fully saturated rings. The Bertz CT molecular complexity index is 1080. The lowest BCUT2D eigenvalue weighted by molar-refractivity contribution is -0.118. The van der Waals surface area contributed by atoms with Crippen LogP contribution in [0.25, 0.3) is 11.3 Å². The number of carbonyl (C=O) groups excluding carboxylic acids is 2. The van der Waals surface area contributed by atoms with Gasteiger partial charge in [0.1, 0.15) is 11.6 Å². The number of nitrogens with zero attached hydrogens (tertiary/aromatic N) is 2. The van der Waals surface area contributed by atoms with Crippen molar-refractivity contribution < 1.29 is 18.7 Å². The Labute approximate surface area is 172 Å². The topological polar surface area (TPSA) is 87.3 Å². The second-order valence-electron chi connectivity index (χ2n) is 7.16. The number of halogens is 1. The van der Waals surface area contributed by atoms with Crippen LogP contribution in [0.1, 0.15) is 22.5 Å². The number of hydrogen-bond donors (Lipinski definition) is 2. The minimum absolute atomic E-state index is 0.0172. The van der Waals surface area contributed by atoms with Crippen molar-refractivity contribution in [3.05, 3.63) is 65.6 Å². The molecule has 0 bridgehead atoms. The second-order valence-corrected chi connectivity index (χ2v) is 7.16. The van der Waals surface area contributed by atoms with Crippen LogP contribution in [0.3, 0.4) is 0 Å². The van der Waals surface area contributed by atoms with E-state index in [2.05, 4.69) is 15.5 Å². The van der Waals surface area contributed by atoms with Gasteiger partial charge < -0.3 is 15.0 Å². The molecule has 2 amide bonds. The number of carbonyl (C=O) groups is 2. The summed E-state index contributed by atoms with van der Waals surface area (Å²) in [6.07, 6.45) is 1.47. The molecule has 30 heavy (non-hydrogen) atoms. The molecule has 0 radical (unpaired) electrons. The number of ether oxygens (including phenoxy) is 1. The lowest BCUT2D eigenvalue weighted by Crippen LogP contribution is -2.29. The van der Waals surface area contributed by atoms with Crippen LogP contribution >= 0.6 is 0 Å². The number of rotatable bonds is 6. The quantitative estimate of drug-likeness (QED) is 0.656. The van der Waals surface area contributed by atoms with Crippen molar-refractivity contribution in [1.82, 2.24) is 15.1 Å². The van der Waals surface area contributed by atoms with Crippen molar-refractivity contribution in [2.24, 2.45) is 0 Å². The summed E-state index contributed by atoms with van der Waals surface area (Å²) in [7, 11) is 1.74. The van der Waals surface area contributed by atoms with Crippen LogP contribution in [-0.4, -0.2) is 47.1 Å². The summed E-state index contributed by atoms with van der Waals surface area (Å²) in [6, 6.07) is 13.1. The number of aromatic amines is 1. The number of anilines is 1. The highest BCUT2D eigenvalue weighted by Crippen LogP contribution is 2.28. The average Bonchev–Trinajstić information content (AvgIpc) is 3.22. The maximum atomic E-state index is 13.1. The standard InChI is InChI=1S/C22H21FN4O3/c1-27(22(29)15-6-9-20-19(11-15)24-21(28)13-30-20)10-2-3-17-12-18(26-25-17)14-4-7-16(23)8-5-14/h4-9,11-12H,2-3,10,13H2,1H3,(H,24,28)(H,25,26). The maximum Gasteiger partial charge on any atom is 0.262 e. The Balaban J connectivity index is 1.32. The summed E-state index contributed by atoms with van der Waals surface area (Å²) in [5.41, 5.74) is 3.55. The maximum absolute atomic E-state index is 13.1. The van der Waals surface area contributed by atoms with Crippen molar-refractivity contribution in [2.75, 3.05) is 25.5 Å². The zero-order chi connectivity index (χ0) is 21.1. The smallest absolute Gasteiger partial charge is 0.262 e. The first-order chi connectivity index (χ1) is 14.5. The largest absolute Gasteiger partial charge is 0.482 e. The molecule has 1 aliphatic heterocycles. The van der Waals surface area contributed by atoms with E-state index in [9.17, 15) is 14.0 Å². The Kier molecular flexibility index (Phi) is 5.47. The van der Waals surface area contributed by atoms with Crippen LogP contribution in [0.15, 0.2) is 48.5 Å². The van der Waals surface area contributed by atoms with Crippen LogP contribution in [0.4, 0.5) is 10.1 Å². The van der Waals surface area contributed by atoms with Gasteiger partial charge in [0.2, 0.25) is 0 Å². The van der Waals surface area contributed by atoms with Gasteiger partial charge in [-0.15, -0.1) is 0 Å². The van der Waals surface area contributed by atoms with E-state index in [4.69, 9.17) is 4.74 Å². The molecule has 0 aliphatic carbocycles. The molecule has 2 N–H and O–H groups in total. The van der Waals surface area contributed by atoms with Gasteiger partial charge in [-0.25, -0.2) is 4.39 Å². The molecule has 2 heterocycles. The molecule has 1 aliphatic rings. The normalized spacial score (nSPS) is 12.7. The molecule has 8 heteroatoms. The minimum atomic E-state index is -0.281. The number of H-pyrrole nitrogens is 1. The van der Waals surface area contributed by atoms with Gasteiger partial charge in [-0.3, -0.25) is 14.7 Å². The number of amides is 2. The van der Waals surface area contributed by atoms with E-state index in [-0.39, 0.29) is 24.2 Å². The van der Waals surface area contributed by atoms with Crippen molar-refractivity contribution in [2.45, 2.75) is 12.8 Å². The summed E-state index contributed by atoms with van der Waals surface area (Å²) in [5.74, 6) is -0.0877. The van der Waals surface area contributed by atoms with Crippen LogP contribution in [0, 0.1) is 5.82 Å². The lowest BCUT2D eigenvalue weighted by atomic mass is 10.1. The van der Waals surface area contributed by atoms with Gasteiger partial charge in [0.05, 0.1) is 11.4 Å². The van der Waals surface area contributed by atoms with Crippen molar-refractivity contribution in [1.29, 1.82) is 0 Å². The van der Waals surface area contributed by atoms with Crippen LogP contribution < -0.4 is 10.1 Å². The fourth-order valence-electron chi connectivity index (χ4n) is 3.30. The highest BCUT2D eigenvalue weighted by atomic mass is 19.1. The van der Waals surface area contributed by atoms with E-state index in [0.29, 0.717) is 23.5 Å². The zero-order valence-electron chi connectivity index (χ0n) is 16.4. The summed E-state index contributed by atoms with van der Waals surface area (Å²) in [6.45, 7) is 0.542. The monoisotopic (exact) mass is 408 g/mol. The molecule has 1 aromatic heterocycles. The van der Waals surface area contributed by atoms with Gasteiger partial charge in [0, 0.05) is 30.4 Å². The minimum Gasteiger partial charge on any atom is -0.482 e. The first-order valence-electron chi connectivity index (χ1n) is 9.62. The van der Waals surface area contributed by atoms with Gasteiger partial charge in [-0.1, -0.05) is 0 Å². The fourth-order valence-corrected chi connectivity index (χ4v) is 3.30. The molecule has 0 saturated carbocycles. The summed E-state index contributed by atoms with van der Waals surface area (Å²) in [5, 5.41) is 9.97. The zero-order valence-corrected chi connectivity index (χ0v) is 16.4. The van der Waals surface area contributed by atoms with Crippen molar-refractivity contribution in [3.8, 4) is 17.0 Å². The third kappa shape index (κ3) is 4.32. The first-order valence-corrected chi connectivity index (χ1v) is 9.62. The summed E-state index contributed by atoms with van der Waals surface area (Å²) < 4.78 is 18.4.